The second-order valence-corrected chi connectivity index (χ2v) is 5.68. The van der Waals surface area contributed by atoms with Gasteiger partial charge in [0.2, 0.25) is 5.88 Å². The number of hydrogen-bond acceptors (Lipinski definition) is 4. The summed E-state index contributed by atoms with van der Waals surface area (Å²) in [5, 5.41) is 8.17. The van der Waals surface area contributed by atoms with E-state index < -0.39 is 0 Å². The Morgan fingerprint density at radius 2 is 2.19 bits per heavy atom. The molecule has 0 fully saturated rings. The van der Waals surface area contributed by atoms with E-state index in [4.69, 9.17) is 16.3 Å². The van der Waals surface area contributed by atoms with Crippen LogP contribution in [0.4, 0.5) is 0 Å². The van der Waals surface area contributed by atoms with Crippen LogP contribution in [0, 0.1) is 5.92 Å². The van der Waals surface area contributed by atoms with Gasteiger partial charge in [0.25, 0.3) is 0 Å². The number of halogens is 1. The molecular formula is C15H21ClN4O. The number of aromatic nitrogens is 3. The monoisotopic (exact) mass is 308 g/mol. The standard InChI is InChI=1S/C15H21ClN4O/c1-4-20-10-13(8-19-20)21-15-5-12(14(16)9-18-15)7-17-6-11(2)3/h5,8-11,17H,4,6-7H2,1-3H3. The summed E-state index contributed by atoms with van der Waals surface area (Å²) in [5.74, 6) is 1.80. The lowest BCUT2D eigenvalue weighted by Gasteiger charge is -2.10. The van der Waals surface area contributed by atoms with Crippen molar-refractivity contribution in [3.63, 3.8) is 0 Å². The van der Waals surface area contributed by atoms with Crippen LogP contribution in [0.25, 0.3) is 0 Å². The highest BCUT2D eigenvalue weighted by atomic mass is 35.5. The summed E-state index contributed by atoms with van der Waals surface area (Å²) < 4.78 is 7.51. The van der Waals surface area contributed by atoms with Gasteiger partial charge < -0.3 is 10.1 Å². The van der Waals surface area contributed by atoms with Crippen molar-refractivity contribution in [1.29, 1.82) is 0 Å². The molecule has 6 heteroatoms. The van der Waals surface area contributed by atoms with Gasteiger partial charge in [-0.25, -0.2) is 4.98 Å². The fraction of sp³-hybridized carbons (Fsp3) is 0.467. The van der Waals surface area contributed by atoms with E-state index in [1.165, 1.54) is 0 Å². The molecule has 0 saturated heterocycles. The smallest absolute Gasteiger partial charge is 0.219 e. The maximum absolute atomic E-state index is 6.17. The molecule has 2 aromatic heterocycles. The van der Waals surface area contributed by atoms with Crippen molar-refractivity contribution in [2.45, 2.75) is 33.9 Å². The van der Waals surface area contributed by atoms with Gasteiger partial charge in [0.15, 0.2) is 5.75 Å². The van der Waals surface area contributed by atoms with Gasteiger partial charge in [0, 0.05) is 25.4 Å². The molecule has 0 bridgehead atoms. The molecule has 5 nitrogen and oxygen atoms in total. The van der Waals surface area contributed by atoms with Crippen molar-refractivity contribution >= 4 is 11.6 Å². The molecular weight excluding hydrogens is 288 g/mol. The number of ether oxygens (including phenoxy) is 1. The number of nitrogens with one attached hydrogen (secondary N) is 1. The highest BCUT2D eigenvalue weighted by molar-refractivity contribution is 6.31. The number of aryl methyl sites for hydroxylation is 1. The number of nitrogens with zero attached hydrogens (tertiary/aromatic N) is 3. The van der Waals surface area contributed by atoms with Crippen LogP contribution in [0.1, 0.15) is 26.3 Å². The molecule has 0 saturated carbocycles. The van der Waals surface area contributed by atoms with E-state index in [0.717, 1.165) is 18.7 Å². The zero-order valence-corrected chi connectivity index (χ0v) is 13.4. The van der Waals surface area contributed by atoms with E-state index in [1.807, 2.05) is 19.2 Å². The van der Waals surface area contributed by atoms with Crippen molar-refractivity contribution < 1.29 is 4.74 Å². The third kappa shape index (κ3) is 4.72. The molecule has 0 aromatic carbocycles. The molecule has 114 valence electrons. The average molecular weight is 309 g/mol. The topological polar surface area (TPSA) is 52.0 Å². The van der Waals surface area contributed by atoms with Gasteiger partial charge in [-0.1, -0.05) is 25.4 Å². The van der Waals surface area contributed by atoms with E-state index in [9.17, 15) is 0 Å². The van der Waals surface area contributed by atoms with Crippen molar-refractivity contribution in [2.24, 2.45) is 5.92 Å². The fourth-order valence-electron chi connectivity index (χ4n) is 1.84. The average Bonchev–Trinajstić information content (AvgIpc) is 2.89. The van der Waals surface area contributed by atoms with E-state index in [1.54, 1.807) is 17.1 Å². The van der Waals surface area contributed by atoms with E-state index in [0.29, 0.717) is 29.1 Å². The van der Waals surface area contributed by atoms with Gasteiger partial charge in [-0.2, -0.15) is 5.10 Å². The Morgan fingerprint density at radius 3 is 2.86 bits per heavy atom. The summed E-state index contributed by atoms with van der Waals surface area (Å²) in [4.78, 5) is 4.19. The quantitative estimate of drug-likeness (QED) is 0.850. The fourth-order valence-corrected chi connectivity index (χ4v) is 2.01. The highest BCUT2D eigenvalue weighted by Gasteiger charge is 2.07. The first-order valence-corrected chi connectivity index (χ1v) is 7.51. The Bertz CT molecular complexity index is 583. The third-order valence-corrected chi connectivity index (χ3v) is 3.27. The zero-order chi connectivity index (χ0) is 15.2. The number of rotatable bonds is 7. The minimum absolute atomic E-state index is 0.524. The Hall–Kier alpha value is -1.59. The van der Waals surface area contributed by atoms with Crippen LogP contribution in [0.5, 0.6) is 11.6 Å². The minimum Gasteiger partial charge on any atom is -0.436 e. The molecule has 0 radical (unpaired) electrons. The van der Waals surface area contributed by atoms with Crippen molar-refractivity contribution in [3.05, 3.63) is 35.2 Å². The molecule has 0 atom stereocenters. The lowest BCUT2D eigenvalue weighted by atomic mass is 10.2. The summed E-state index contributed by atoms with van der Waals surface area (Å²) in [6.45, 7) is 8.81. The summed E-state index contributed by atoms with van der Waals surface area (Å²) in [5.41, 5.74) is 0.977. The number of hydrogen-bond donors (Lipinski definition) is 1. The second-order valence-electron chi connectivity index (χ2n) is 5.27. The first-order chi connectivity index (χ1) is 10.1. The third-order valence-electron chi connectivity index (χ3n) is 2.93. The lowest BCUT2D eigenvalue weighted by Crippen LogP contribution is -2.19. The summed E-state index contributed by atoms with van der Waals surface area (Å²) in [7, 11) is 0. The molecule has 2 heterocycles. The van der Waals surface area contributed by atoms with Crippen LogP contribution in [-0.4, -0.2) is 21.3 Å². The molecule has 1 N–H and O–H groups in total. The first-order valence-electron chi connectivity index (χ1n) is 7.14. The van der Waals surface area contributed by atoms with Crippen molar-refractivity contribution in [1.82, 2.24) is 20.1 Å². The maximum atomic E-state index is 6.17. The number of pyridine rings is 1. The zero-order valence-electron chi connectivity index (χ0n) is 12.6. The van der Waals surface area contributed by atoms with Crippen LogP contribution in [-0.2, 0) is 13.1 Å². The molecule has 2 aromatic rings. The SMILES string of the molecule is CCn1cc(Oc2cc(CNCC(C)C)c(Cl)cn2)cn1. The van der Waals surface area contributed by atoms with Gasteiger partial charge in [-0.05, 0) is 24.9 Å². The molecule has 0 aliphatic carbocycles. The first kappa shape index (κ1) is 15.8. The van der Waals surface area contributed by atoms with E-state index in [-0.39, 0.29) is 0 Å². The largest absolute Gasteiger partial charge is 0.436 e. The van der Waals surface area contributed by atoms with E-state index in [2.05, 4.69) is 29.2 Å². The Morgan fingerprint density at radius 1 is 1.38 bits per heavy atom. The van der Waals surface area contributed by atoms with E-state index >= 15 is 0 Å². The highest BCUT2D eigenvalue weighted by Crippen LogP contribution is 2.23. The summed E-state index contributed by atoms with van der Waals surface area (Å²) >= 11 is 6.17. The molecule has 2 rings (SSSR count). The predicted octanol–water partition coefficient (Wildman–Crippen LogP) is 3.49. The Balaban J connectivity index is 2.03. The van der Waals surface area contributed by atoms with Crippen molar-refractivity contribution in [3.8, 4) is 11.6 Å². The molecule has 0 spiro atoms. The normalized spacial score (nSPS) is 11.1. The van der Waals surface area contributed by atoms with Crippen LogP contribution < -0.4 is 10.1 Å². The van der Waals surface area contributed by atoms with Crippen LogP contribution in [0.15, 0.2) is 24.7 Å². The molecule has 0 unspecified atom stereocenters. The van der Waals surface area contributed by atoms with Crippen LogP contribution in [0.3, 0.4) is 0 Å². The maximum Gasteiger partial charge on any atom is 0.219 e. The molecule has 0 aliphatic heterocycles. The lowest BCUT2D eigenvalue weighted by molar-refractivity contribution is 0.460. The predicted molar refractivity (Wildman–Crippen MR) is 83.8 cm³/mol. The van der Waals surface area contributed by atoms with Gasteiger partial charge in [-0.3, -0.25) is 4.68 Å². The van der Waals surface area contributed by atoms with Crippen molar-refractivity contribution in [2.75, 3.05) is 6.54 Å². The minimum atomic E-state index is 0.524. The van der Waals surface area contributed by atoms with Gasteiger partial charge in [0.1, 0.15) is 0 Å². The summed E-state index contributed by atoms with van der Waals surface area (Å²) in [6.07, 6.45) is 5.14. The summed E-state index contributed by atoms with van der Waals surface area (Å²) in [6, 6.07) is 1.86. The second kappa shape index (κ2) is 7.43. The molecule has 0 amide bonds. The van der Waals surface area contributed by atoms with Crippen LogP contribution in [0.2, 0.25) is 5.02 Å². The van der Waals surface area contributed by atoms with Gasteiger partial charge in [-0.15, -0.1) is 0 Å². The van der Waals surface area contributed by atoms with Gasteiger partial charge in [0.05, 0.1) is 17.4 Å². The Labute approximate surface area is 130 Å². The Kier molecular flexibility index (Phi) is 5.59. The molecule has 0 aliphatic rings. The van der Waals surface area contributed by atoms with Gasteiger partial charge >= 0.3 is 0 Å². The van der Waals surface area contributed by atoms with Crippen LogP contribution >= 0.6 is 11.6 Å². The molecule has 21 heavy (non-hydrogen) atoms.